The van der Waals surface area contributed by atoms with Crippen LogP contribution >= 0.6 is 7.75 Å². The molecular formula is C12H20N5O7P. The number of hydrogen-bond acceptors (Lipinski definition) is 8. The summed E-state index contributed by atoms with van der Waals surface area (Å²) in [6, 6.07) is -1.000. The van der Waals surface area contributed by atoms with Crippen LogP contribution in [0, 0.1) is 0 Å². The second-order valence-corrected chi connectivity index (χ2v) is 6.95. The SMILES string of the molecule is COC(=O)[C@H](C)NP(=O)(O)OC[C@@H]1CC[C@H](n2cnc(C(N)=O)n2)O1. The molecular weight excluding hydrogens is 357 g/mol. The van der Waals surface area contributed by atoms with Crippen LogP contribution in [0.1, 0.15) is 36.6 Å². The fraction of sp³-hybridized carbons (Fsp3) is 0.667. The van der Waals surface area contributed by atoms with Gasteiger partial charge in [-0.05, 0) is 19.8 Å². The lowest BCUT2D eigenvalue weighted by atomic mass is 10.2. The molecule has 0 bridgehead atoms. The quantitative estimate of drug-likeness (QED) is 0.390. The molecule has 1 fully saturated rings. The lowest BCUT2D eigenvalue weighted by molar-refractivity contribution is -0.142. The van der Waals surface area contributed by atoms with Crippen molar-refractivity contribution in [3.63, 3.8) is 0 Å². The Balaban J connectivity index is 1.83. The molecule has 1 aromatic heterocycles. The molecule has 1 aliphatic heterocycles. The van der Waals surface area contributed by atoms with E-state index in [0.29, 0.717) is 12.8 Å². The van der Waals surface area contributed by atoms with E-state index in [1.54, 1.807) is 0 Å². The number of rotatable bonds is 8. The summed E-state index contributed by atoms with van der Waals surface area (Å²) >= 11 is 0. The number of hydrogen-bond donors (Lipinski definition) is 3. The first-order valence-corrected chi connectivity index (χ1v) is 8.99. The van der Waals surface area contributed by atoms with Crippen molar-refractivity contribution >= 4 is 19.6 Å². The summed E-state index contributed by atoms with van der Waals surface area (Å²) in [5.41, 5.74) is 5.08. The van der Waals surface area contributed by atoms with E-state index >= 15 is 0 Å². The van der Waals surface area contributed by atoms with Crippen molar-refractivity contribution in [2.24, 2.45) is 5.73 Å². The standard InChI is InChI=1S/C12H20N5O7P/c1-7(12(19)22-2)16-25(20,21)23-5-8-3-4-9(24-8)17-6-14-11(15-17)10(13)18/h6-9H,3-5H2,1-2H3,(H2,13,18)(H2,16,20,21)/t7-,8-,9+/m0/s1. The highest BCUT2D eigenvalue weighted by Crippen LogP contribution is 2.39. The van der Waals surface area contributed by atoms with E-state index in [1.807, 2.05) is 0 Å². The molecule has 1 amide bonds. The smallest absolute Gasteiger partial charge is 0.403 e. The molecule has 0 spiro atoms. The maximum absolute atomic E-state index is 11.9. The Kier molecular flexibility index (Phi) is 6.25. The Morgan fingerprint density at radius 3 is 2.92 bits per heavy atom. The summed E-state index contributed by atoms with van der Waals surface area (Å²) in [6.07, 6.45) is 1.49. The third-order valence-corrected chi connectivity index (χ3v) is 4.67. The van der Waals surface area contributed by atoms with Crippen LogP contribution in [-0.4, -0.2) is 57.4 Å². The van der Waals surface area contributed by atoms with Gasteiger partial charge in [0.15, 0.2) is 6.23 Å². The van der Waals surface area contributed by atoms with Crippen molar-refractivity contribution in [3.05, 3.63) is 12.2 Å². The molecule has 1 aromatic rings. The minimum atomic E-state index is -4.20. The molecule has 25 heavy (non-hydrogen) atoms. The fourth-order valence-electron chi connectivity index (χ4n) is 2.23. The summed E-state index contributed by atoms with van der Waals surface area (Å²) < 4.78 is 28.3. The lowest BCUT2D eigenvalue weighted by Crippen LogP contribution is -2.33. The van der Waals surface area contributed by atoms with Gasteiger partial charge in [-0.25, -0.2) is 19.3 Å². The van der Waals surface area contributed by atoms with Crippen LogP contribution < -0.4 is 10.8 Å². The van der Waals surface area contributed by atoms with Crippen LogP contribution in [0.4, 0.5) is 0 Å². The molecule has 1 saturated heterocycles. The van der Waals surface area contributed by atoms with Crippen molar-refractivity contribution < 1.29 is 33.0 Å². The molecule has 0 saturated carbocycles. The van der Waals surface area contributed by atoms with Crippen LogP contribution in [0.25, 0.3) is 0 Å². The predicted octanol–water partition coefficient (Wildman–Crippen LogP) is -0.677. The number of methoxy groups -OCH3 is 1. The van der Waals surface area contributed by atoms with E-state index in [1.165, 1.54) is 25.0 Å². The van der Waals surface area contributed by atoms with E-state index in [2.05, 4.69) is 19.9 Å². The van der Waals surface area contributed by atoms with Crippen molar-refractivity contribution in [3.8, 4) is 0 Å². The maximum Gasteiger partial charge on any atom is 0.403 e. The van der Waals surface area contributed by atoms with E-state index in [9.17, 15) is 19.0 Å². The lowest BCUT2D eigenvalue weighted by Gasteiger charge is -2.19. The van der Waals surface area contributed by atoms with Gasteiger partial charge in [0.1, 0.15) is 12.4 Å². The number of primary amides is 1. The van der Waals surface area contributed by atoms with Crippen molar-refractivity contribution in [2.45, 2.75) is 38.1 Å². The van der Waals surface area contributed by atoms with Gasteiger partial charge in [0.05, 0.1) is 19.8 Å². The number of ether oxygens (including phenoxy) is 2. The minimum absolute atomic E-state index is 0.121. The first-order chi connectivity index (χ1) is 11.7. The Morgan fingerprint density at radius 2 is 2.32 bits per heavy atom. The zero-order valence-electron chi connectivity index (χ0n) is 13.7. The molecule has 2 rings (SSSR count). The van der Waals surface area contributed by atoms with Gasteiger partial charge in [-0.1, -0.05) is 0 Å². The summed E-state index contributed by atoms with van der Waals surface area (Å²) in [4.78, 5) is 35.7. The number of nitrogens with zero attached hydrogens (tertiary/aromatic N) is 3. The number of amides is 1. The summed E-state index contributed by atoms with van der Waals surface area (Å²) in [7, 11) is -3.03. The highest BCUT2D eigenvalue weighted by atomic mass is 31.2. The minimum Gasteiger partial charge on any atom is -0.468 e. The zero-order chi connectivity index (χ0) is 18.6. The third kappa shape index (κ3) is 5.31. The van der Waals surface area contributed by atoms with Gasteiger partial charge in [0.2, 0.25) is 5.82 Å². The number of carbonyl (C=O) groups excluding carboxylic acids is 2. The number of esters is 1. The van der Waals surface area contributed by atoms with E-state index < -0.39 is 38.0 Å². The fourth-order valence-corrected chi connectivity index (χ4v) is 3.26. The highest BCUT2D eigenvalue weighted by molar-refractivity contribution is 7.50. The van der Waals surface area contributed by atoms with Crippen molar-refractivity contribution in [1.29, 1.82) is 0 Å². The van der Waals surface area contributed by atoms with E-state index in [-0.39, 0.29) is 12.4 Å². The first-order valence-electron chi connectivity index (χ1n) is 7.41. The molecule has 12 nitrogen and oxygen atoms in total. The number of nitrogens with one attached hydrogen (secondary N) is 1. The van der Waals surface area contributed by atoms with Gasteiger partial charge < -0.3 is 20.1 Å². The van der Waals surface area contributed by atoms with Gasteiger partial charge in [-0.2, -0.15) is 0 Å². The molecule has 4 atom stereocenters. The molecule has 1 aliphatic rings. The zero-order valence-corrected chi connectivity index (χ0v) is 14.6. The van der Waals surface area contributed by atoms with E-state index in [0.717, 1.165) is 0 Å². The van der Waals surface area contributed by atoms with Crippen LogP contribution in [0.2, 0.25) is 0 Å². The van der Waals surface area contributed by atoms with Crippen LogP contribution in [0.5, 0.6) is 0 Å². The molecule has 1 unspecified atom stereocenters. The van der Waals surface area contributed by atoms with Crippen LogP contribution in [-0.2, 0) is 23.4 Å². The molecule has 0 aromatic carbocycles. The average Bonchev–Trinajstić information content (AvgIpc) is 3.20. The van der Waals surface area contributed by atoms with Gasteiger partial charge in [0.25, 0.3) is 5.91 Å². The van der Waals surface area contributed by atoms with Crippen molar-refractivity contribution in [1.82, 2.24) is 19.9 Å². The number of aromatic nitrogens is 3. The second kappa shape index (κ2) is 8.02. The van der Waals surface area contributed by atoms with Gasteiger partial charge in [0, 0.05) is 0 Å². The summed E-state index contributed by atoms with van der Waals surface area (Å²) in [5, 5.41) is 6.07. The third-order valence-electron chi connectivity index (χ3n) is 3.46. The van der Waals surface area contributed by atoms with Gasteiger partial charge >= 0.3 is 13.7 Å². The van der Waals surface area contributed by atoms with Crippen LogP contribution in [0.15, 0.2) is 6.33 Å². The molecule has 13 heteroatoms. The second-order valence-electron chi connectivity index (χ2n) is 5.39. The molecule has 140 valence electrons. The molecule has 4 N–H and O–H groups in total. The Hall–Kier alpha value is -1.85. The average molecular weight is 377 g/mol. The summed E-state index contributed by atoms with van der Waals surface area (Å²) in [5.74, 6) is -1.56. The molecule has 2 heterocycles. The normalized spacial score (nSPS) is 23.8. The summed E-state index contributed by atoms with van der Waals surface area (Å²) in [6.45, 7) is 1.21. The molecule has 0 aliphatic carbocycles. The number of carbonyl (C=O) groups is 2. The monoisotopic (exact) mass is 377 g/mol. The largest absolute Gasteiger partial charge is 0.468 e. The van der Waals surface area contributed by atoms with E-state index in [4.69, 9.17) is 15.0 Å². The first kappa shape index (κ1) is 19.5. The van der Waals surface area contributed by atoms with Crippen molar-refractivity contribution in [2.75, 3.05) is 13.7 Å². The van der Waals surface area contributed by atoms with Crippen LogP contribution in [0.3, 0.4) is 0 Å². The molecule has 0 radical (unpaired) electrons. The predicted molar refractivity (Wildman–Crippen MR) is 82.1 cm³/mol. The van der Waals surface area contributed by atoms with Gasteiger partial charge in [-0.15, -0.1) is 5.10 Å². The number of nitrogens with two attached hydrogens (primary N) is 1. The van der Waals surface area contributed by atoms with Gasteiger partial charge in [-0.3, -0.25) is 14.1 Å². The highest BCUT2D eigenvalue weighted by Gasteiger charge is 2.32. The Labute approximate surface area is 143 Å². The maximum atomic E-state index is 11.9. The topological polar surface area (TPSA) is 168 Å². The Morgan fingerprint density at radius 1 is 1.60 bits per heavy atom. The Bertz CT molecular complexity index is 681.